The van der Waals surface area contributed by atoms with Gasteiger partial charge in [0.1, 0.15) is 5.82 Å². The van der Waals surface area contributed by atoms with Gasteiger partial charge < -0.3 is 10.2 Å². The highest BCUT2D eigenvalue weighted by atomic mass is 35.5. The zero-order chi connectivity index (χ0) is 13.9. The third-order valence-corrected chi connectivity index (χ3v) is 4.27. The third kappa shape index (κ3) is 3.14. The maximum Gasteiger partial charge on any atom is 0.129 e. The van der Waals surface area contributed by atoms with Crippen molar-refractivity contribution in [3.05, 3.63) is 35.5 Å². The second kappa shape index (κ2) is 7.10. The molecule has 1 aliphatic rings. The van der Waals surface area contributed by atoms with Gasteiger partial charge >= 0.3 is 0 Å². The van der Waals surface area contributed by atoms with Crippen molar-refractivity contribution in [3.63, 3.8) is 0 Å². The molecule has 1 aliphatic heterocycles. The fourth-order valence-corrected chi connectivity index (χ4v) is 3.03. The second-order valence-corrected chi connectivity index (χ2v) is 5.42. The smallest absolute Gasteiger partial charge is 0.129 e. The first-order chi connectivity index (χ1) is 9.83. The predicted molar refractivity (Wildman–Crippen MR) is 92.8 cm³/mol. The lowest BCUT2D eigenvalue weighted by Crippen LogP contribution is -2.43. The number of piperazine rings is 1. The number of halogens is 1. The summed E-state index contributed by atoms with van der Waals surface area (Å²) >= 11 is 0. The van der Waals surface area contributed by atoms with Crippen LogP contribution in [-0.2, 0) is 12.8 Å². The number of nitrogens with zero attached hydrogens (tertiary/aromatic N) is 2. The highest BCUT2D eigenvalue weighted by Gasteiger charge is 2.13. The van der Waals surface area contributed by atoms with Gasteiger partial charge in [-0.25, -0.2) is 4.98 Å². The molecule has 1 N–H and O–H groups in total. The van der Waals surface area contributed by atoms with Gasteiger partial charge in [0.2, 0.25) is 0 Å². The Morgan fingerprint density at radius 1 is 1.05 bits per heavy atom. The average Bonchev–Trinajstić information content (AvgIpc) is 2.54. The van der Waals surface area contributed by atoms with E-state index in [9.17, 15) is 0 Å². The van der Waals surface area contributed by atoms with E-state index >= 15 is 0 Å². The zero-order valence-corrected chi connectivity index (χ0v) is 13.7. The molecule has 3 rings (SSSR count). The van der Waals surface area contributed by atoms with E-state index in [-0.39, 0.29) is 12.4 Å². The van der Waals surface area contributed by atoms with Gasteiger partial charge in [-0.15, -0.1) is 12.4 Å². The second-order valence-electron chi connectivity index (χ2n) is 5.42. The van der Waals surface area contributed by atoms with Gasteiger partial charge in [0.15, 0.2) is 0 Å². The third-order valence-electron chi connectivity index (χ3n) is 4.27. The van der Waals surface area contributed by atoms with Gasteiger partial charge in [-0.3, -0.25) is 0 Å². The number of anilines is 1. The molecule has 0 radical (unpaired) electrons. The molecule has 2 heterocycles. The van der Waals surface area contributed by atoms with Crippen LogP contribution in [0.2, 0.25) is 0 Å². The lowest BCUT2D eigenvalue weighted by atomic mass is 9.98. The molecule has 1 aromatic heterocycles. The summed E-state index contributed by atoms with van der Waals surface area (Å²) in [6, 6.07) is 6.83. The summed E-state index contributed by atoms with van der Waals surface area (Å²) in [7, 11) is 0. The Hall–Kier alpha value is -1.32. The van der Waals surface area contributed by atoms with E-state index in [4.69, 9.17) is 4.98 Å². The largest absolute Gasteiger partial charge is 0.354 e. The van der Waals surface area contributed by atoms with Crippen LogP contribution in [0.25, 0.3) is 10.8 Å². The predicted octanol–water partition coefficient (Wildman–Crippen LogP) is 3.19. The Morgan fingerprint density at radius 3 is 2.29 bits per heavy atom. The Kier molecular flexibility index (Phi) is 5.43. The minimum atomic E-state index is 0. The van der Waals surface area contributed by atoms with Crippen molar-refractivity contribution < 1.29 is 0 Å². The Morgan fingerprint density at radius 2 is 1.67 bits per heavy atom. The number of nitrogens with one attached hydrogen (secondary N) is 1. The van der Waals surface area contributed by atoms with Crippen LogP contribution >= 0.6 is 12.4 Å². The van der Waals surface area contributed by atoms with E-state index in [1.165, 1.54) is 21.9 Å². The van der Waals surface area contributed by atoms with Crippen LogP contribution in [0.3, 0.4) is 0 Å². The molecule has 114 valence electrons. The average molecular weight is 306 g/mol. The molecule has 1 fully saturated rings. The first-order valence-electron chi connectivity index (χ1n) is 7.69. The van der Waals surface area contributed by atoms with E-state index < -0.39 is 0 Å². The summed E-state index contributed by atoms with van der Waals surface area (Å²) in [6.45, 7) is 8.64. The first kappa shape index (κ1) is 16.1. The Balaban J connectivity index is 0.00000161. The molecule has 1 aromatic carbocycles. The van der Waals surface area contributed by atoms with Gasteiger partial charge in [0, 0.05) is 37.8 Å². The van der Waals surface area contributed by atoms with Crippen LogP contribution in [-0.4, -0.2) is 31.2 Å². The number of benzene rings is 1. The molecule has 0 aliphatic carbocycles. The van der Waals surface area contributed by atoms with E-state index in [0.29, 0.717) is 0 Å². The highest BCUT2D eigenvalue weighted by molar-refractivity contribution is 5.90. The van der Waals surface area contributed by atoms with E-state index in [1.807, 2.05) is 0 Å². The van der Waals surface area contributed by atoms with Crippen LogP contribution in [0.1, 0.15) is 25.0 Å². The van der Waals surface area contributed by atoms with E-state index in [0.717, 1.165) is 44.8 Å². The van der Waals surface area contributed by atoms with Crippen LogP contribution < -0.4 is 10.2 Å². The maximum absolute atomic E-state index is 4.71. The number of hydrogen-bond donors (Lipinski definition) is 1. The van der Waals surface area contributed by atoms with Crippen LogP contribution in [0.15, 0.2) is 24.4 Å². The fourth-order valence-electron chi connectivity index (χ4n) is 3.03. The topological polar surface area (TPSA) is 28.2 Å². The highest BCUT2D eigenvalue weighted by Crippen LogP contribution is 2.27. The number of aromatic nitrogens is 1. The van der Waals surface area contributed by atoms with Crippen molar-refractivity contribution in [2.24, 2.45) is 0 Å². The Bertz CT molecular complexity index is 606. The maximum atomic E-state index is 4.71. The number of rotatable bonds is 3. The molecule has 0 atom stereocenters. The molecular formula is C17H24ClN3. The molecular weight excluding hydrogens is 282 g/mol. The molecule has 21 heavy (non-hydrogen) atoms. The van der Waals surface area contributed by atoms with Crippen LogP contribution in [0.5, 0.6) is 0 Å². The summed E-state index contributed by atoms with van der Waals surface area (Å²) in [5, 5.41) is 6.10. The zero-order valence-electron chi connectivity index (χ0n) is 12.9. The van der Waals surface area contributed by atoms with Gasteiger partial charge in [0.05, 0.1) is 0 Å². The summed E-state index contributed by atoms with van der Waals surface area (Å²) in [6.07, 6.45) is 4.21. The van der Waals surface area contributed by atoms with Crippen molar-refractivity contribution in [2.45, 2.75) is 26.7 Å². The summed E-state index contributed by atoms with van der Waals surface area (Å²) in [5.74, 6) is 1.13. The number of pyridine rings is 1. The van der Waals surface area contributed by atoms with Crippen LogP contribution in [0.4, 0.5) is 5.82 Å². The monoisotopic (exact) mass is 305 g/mol. The number of fused-ring (bicyclic) bond motifs is 1. The van der Waals surface area contributed by atoms with Crippen molar-refractivity contribution in [2.75, 3.05) is 31.1 Å². The minimum Gasteiger partial charge on any atom is -0.354 e. The lowest BCUT2D eigenvalue weighted by Gasteiger charge is -2.28. The summed E-state index contributed by atoms with van der Waals surface area (Å²) in [4.78, 5) is 7.10. The molecule has 1 saturated heterocycles. The summed E-state index contributed by atoms with van der Waals surface area (Å²) in [5.41, 5.74) is 2.83. The molecule has 0 unspecified atom stereocenters. The van der Waals surface area contributed by atoms with Crippen molar-refractivity contribution in [1.29, 1.82) is 0 Å². The molecule has 0 amide bonds. The Labute approximate surface area is 133 Å². The number of hydrogen-bond acceptors (Lipinski definition) is 3. The lowest BCUT2D eigenvalue weighted by molar-refractivity contribution is 0.585. The van der Waals surface area contributed by atoms with E-state index in [1.54, 1.807) is 0 Å². The van der Waals surface area contributed by atoms with Gasteiger partial charge in [-0.05, 0) is 35.4 Å². The van der Waals surface area contributed by atoms with Gasteiger partial charge in [0.25, 0.3) is 0 Å². The number of aryl methyl sites for hydroxylation is 2. The van der Waals surface area contributed by atoms with Crippen molar-refractivity contribution >= 4 is 29.0 Å². The van der Waals surface area contributed by atoms with E-state index in [2.05, 4.69) is 48.5 Å². The van der Waals surface area contributed by atoms with Crippen LogP contribution in [0, 0.1) is 0 Å². The molecule has 2 aromatic rings. The van der Waals surface area contributed by atoms with Crippen molar-refractivity contribution in [3.8, 4) is 0 Å². The molecule has 0 bridgehead atoms. The molecule has 4 heteroatoms. The first-order valence-corrected chi connectivity index (χ1v) is 7.69. The standard InChI is InChI=1S/C17H23N3.ClH/c1-3-13-5-6-14(4-2)16-12-19-17(11-15(13)16)20-9-7-18-8-10-20;/h5-6,11-12,18H,3-4,7-10H2,1-2H3;1H. The fraction of sp³-hybridized carbons (Fsp3) is 0.471. The quantitative estimate of drug-likeness (QED) is 0.944. The minimum absolute atomic E-state index is 0. The summed E-state index contributed by atoms with van der Waals surface area (Å²) < 4.78 is 0. The SMILES string of the molecule is CCc1ccc(CC)c2cc(N3CCNCC3)ncc12.Cl. The van der Waals surface area contributed by atoms with Gasteiger partial charge in [-0.2, -0.15) is 0 Å². The molecule has 0 spiro atoms. The van der Waals surface area contributed by atoms with Crippen molar-refractivity contribution in [1.82, 2.24) is 10.3 Å². The normalized spacial score (nSPS) is 15.0. The molecule has 0 saturated carbocycles. The van der Waals surface area contributed by atoms with Gasteiger partial charge in [-0.1, -0.05) is 26.0 Å². The molecule has 3 nitrogen and oxygen atoms in total.